The van der Waals surface area contributed by atoms with Crippen LogP contribution in [0.15, 0.2) is 23.4 Å². The van der Waals surface area contributed by atoms with Gasteiger partial charge in [0.1, 0.15) is 5.75 Å². The molecule has 0 aliphatic carbocycles. The zero-order valence-corrected chi connectivity index (χ0v) is 11.3. The van der Waals surface area contributed by atoms with Crippen molar-refractivity contribution in [3.63, 3.8) is 0 Å². The molecule has 0 radical (unpaired) electrons. The van der Waals surface area contributed by atoms with Crippen molar-refractivity contribution in [3.05, 3.63) is 23.8 Å². The molecule has 0 bridgehead atoms. The molecule has 2 aromatic rings. The summed E-state index contributed by atoms with van der Waals surface area (Å²) in [7, 11) is 1.69. The van der Waals surface area contributed by atoms with E-state index in [4.69, 9.17) is 4.74 Å². The third kappa shape index (κ3) is 3.25. The number of rotatable bonds is 5. The Labute approximate surface area is 114 Å². The Bertz CT molecular complexity index is 563. The summed E-state index contributed by atoms with van der Waals surface area (Å²) in [5, 5.41) is 30.4. The van der Waals surface area contributed by atoms with E-state index in [1.165, 1.54) is 18.9 Å². The van der Waals surface area contributed by atoms with Crippen LogP contribution in [0.1, 0.15) is 5.56 Å². The number of methoxy groups -OCH3 is 1. The minimum Gasteiger partial charge on any atom is -0.497 e. The van der Waals surface area contributed by atoms with Gasteiger partial charge in [-0.15, -0.1) is 5.10 Å². The summed E-state index contributed by atoms with van der Waals surface area (Å²) in [5.41, 5.74) is 1.27. The van der Waals surface area contributed by atoms with Crippen molar-refractivity contribution in [1.29, 1.82) is 0 Å². The Kier molecular flexibility index (Phi) is 4.41. The van der Waals surface area contributed by atoms with Crippen molar-refractivity contribution in [2.24, 2.45) is 7.05 Å². The molecule has 9 heteroatoms. The van der Waals surface area contributed by atoms with Crippen molar-refractivity contribution in [3.8, 4) is 5.75 Å². The Hall–Kier alpha value is -1.58. The molecule has 0 saturated heterocycles. The molecule has 0 fully saturated rings. The second kappa shape index (κ2) is 6.05. The average molecular weight is 280 g/mol. The van der Waals surface area contributed by atoms with Crippen molar-refractivity contribution >= 4 is 24.3 Å². The van der Waals surface area contributed by atoms with E-state index in [9.17, 15) is 10.0 Å². The minimum atomic E-state index is -1.56. The Morgan fingerprint density at radius 1 is 1.42 bits per heavy atom. The standard InChI is InChI=1S/C10H13BN4O3S/c1-15-10(12-13-14-15)19-6-7-3-4-9(18-2)8(5-7)11(16)17/h3-5,16-17H,6H2,1-2H3. The fraction of sp³-hybridized carbons (Fsp3) is 0.300. The van der Waals surface area contributed by atoms with Crippen molar-refractivity contribution in [1.82, 2.24) is 20.2 Å². The maximum atomic E-state index is 9.29. The maximum Gasteiger partial charge on any atom is 0.492 e. The fourth-order valence-electron chi connectivity index (χ4n) is 1.57. The monoisotopic (exact) mass is 280 g/mol. The van der Waals surface area contributed by atoms with E-state index in [-0.39, 0.29) is 0 Å². The van der Waals surface area contributed by atoms with E-state index in [1.807, 2.05) is 6.07 Å². The first kappa shape index (κ1) is 13.8. The van der Waals surface area contributed by atoms with Crippen molar-refractivity contribution in [2.45, 2.75) is 10.9 Å². The van der Waals surface area contributed by atoms with Gasteiger partial charge in [-0.2, -0.15) is 0 Å². The van der Waals surface area contributed by atoms with E-state index in [0.29, 0.717) is 22.1 Å². The zero-order chi connectivity index (χ0) is 13.8. The first-order valence-corrected chi connectivity index (χ1v) is 6.48. The molecule has 19 heavy (non-hydrogen) atoms. The molecule has 0 saturated carbocycles. The highest BCUT2D eigenvalue weighted by Gasteiger charge is 2.17. The quantitative estimate of drug-likeness (QED) is 0.546. The van der Waals surface area contributed by atoms with Gasteiger partial charge in [0.05, 0.1) is 7.11 Å². The molecule has 2 rings (SSSR count). The lowest BCUT2D eigenvalue weighted by atomic mass is 9.79. The third-order valence-corrected chi connectivity index (χ3v) is 3.60. The first-order chi connectivity index (χ1) is 9.11. The molecule has 100 valence electrons. The van der Waals surface area contributed by atoms with Crippen LogP contribution in [0.2, 0.25) is 0 Å². The molecule has 0 aliphatic heterocycles. The van der Waals surface area contributed by atoms with E-state index < -0.39 is 7.12 Å². The normalized spacial score (nSPS) is 10.5. The van der Waals surface area contributed by atoms with Gasteiger partial charge in [0, 0.05) is 18.3 Å². The van der Waals surface area contributed by atoms with Crippen LogP contribution >= 0.6 is 11.8 Å². The first-order valence-electron chi connectivity index (χ1n) is 5.50. The van der Waals surface area contributed by atoms with Crippen LogP contribution in [0.4, 0.5) is 0 Å². The maximum absolute atomic E-state index is 9.29. The lowest BCUT2D eigenvalue weighted by Gasteiger charge is -2.09. The molecular weight excluding hydrogens is 267 g/mol. The van der Waals surface area contributed by atoms with Gasteiger partial charge in [0.25, 0.3) is 0 Å². The average Bonchev–Trinajstić information content (AvgIpc) is 2.81. The molecule has 0 amide bonds. The van der Waals surface area contributed by atoms with Gasteiger partial charge in [-0.25, -0.2) is 4.68 Å². The van der Waals surface area contributed by atoms with Crippen LogP contribution in [0.3, 0.4) is 0 Å². The van der Waals surface area contributed by atoms with Gasteiger partial charge in [0.15, 0.2) is 0 Å². The van der Waals surface area contributed by atoms with Crippen molar-refractivity contribution in [2.75, 3.05) is 7.11 Å². The SMILES string of the molecule is COc1ccc(CSc2nnnn2C)cc1B(O)O. The molecule has 0 atom stereocenters. The van der Waals surface area contributed by atoms with Crippen LogP contribution in [0, 0.1) is 0 Å². The molecule has 1 heterocycles. The van der Waals surface area contributed by atoms with Gasteiger partial charge >= 0.3 is 7.12 Å². The fourth-order valence-corrected chi connectivity index (χ4v) is 2.36. The Morgan fingerprint density at radius 2 is 2.21 bits per heavy atom. The number of ether oxygens (including phenoxy) is 1. The molecular formula is C10H13BN4O3S. The van der Waals surface area contributed by atoms with E-state index in [0.717, 1.165) is 5.56 Å². The van der Waals surface area contributed by atoms with Gasteiger partial charge in [-0.05, 0) is 22.1 Å². The van der Waals surface area contributed by atoms with E-state index in [2.05, 4.69) is 15.5 Å². The lowest BCUT2D eigenvalue weighted by molar-refractivity contribution is 0.403. The number of hydrogen-bond donors (Lipinski definition) is 2. The summed E-state index contributed by atoms with van der Waals surface area (Å²) in [5.74, 6) is 1.07. The van der Waals surface area contributed by atoms with E-state index in [1.54, 1.807) is 23.9 Å². The predicted octanol–water partition coefficient (Wildman–Crippen LogP) is -0.809. The molecule has 0 unspecified atom stereocenters. The van der Waals surface area contributed by atoms with Crippen LogP contribution in [0.5, 0.6) is 5.75 Å². The number of aromatic nitrogens is 4. The second-order valence-corrected chi connectivity index (χ2v) is 4.77. The zero-order valence-electron chi connectivity index (χ0n) is 10.5. The summed E-state index contributed by atoms with van der Waals surface area (Å²) in [6.45, 7) is 0. The van der Waals surface area contributed by atoms with Crippen LogP contribution in [-0.4, -0.2) is 44.5 Å². The summed E-state index contributed by atoms with van der Waals surface area (Å²) < 4.78 is 6.65. The number of aryl methyl sites for hydroxylation is 1. The van der Waals surface area contributed by atoms with Crippen LogP contribution in [-0.2, 0) is 12.8 Å². The molecule has 1 aromatic heterocycles. The number of nitrogens with zero attached hydrogens (tertiary/aromatic N) is 4. The second-order valence-electron chi connectivity index (χ2n) is 3.82. The minimum absolute atomic E-state index is 0.344. The van der Waals surface area contributed by atoms with E-state index >= 15 is 0 Å². The van der Waals surface area contributed by atoms with Crippen LogP contribution in [0.25, 0.3) is 0 Å². The lowest BCUT2D eigenvalue weighted by Crippen LogP contribution is -2.31. The van der Waals surface area contributed by atoms with Crippen LogP contribution < -0.4 is 10.2 Å². The predicted molar refractivity (Wildman–Crippen MR) is 71.2 cm³/mol. The van der Waals surface area contributed by atoms with Gasteiger partial charge in [0.2, 0.25) is 5.16 Å². The van der Waals surface area contributed by atoms with Gasteiger partial charge in [-0.1, -0.05) is 23.9 Å². The highest BCUT2D eigenvalue weighted by molar-refractivity contribution is 7.98. The molecule has 0 aliphatic rings. The Morgan fingerprint density at radius 3 is 2.79 bits per heavy atom. The topological polar surface area (TPSA) is 93.3 Å². The largest absolute Gasteiger partial charge is 0.497 e. The summed E-state index contributed by atoms with van der Waals surface area (Å²) in [6, 6.07) is 5.27. The highest BCUT2D eigenvalue weighted by atomic mass is 32.2. The smallest absolute Gasteiger partial charge is 0.492 e. The number of benzene rings is 1. The highest BCUT2D eigenvalue weighted by Crippen LogP contribution is 2.20. The molecule has 1 aromatic carbocycles. The van der Waals surface area contributed by atoms with Crippen molar-refractivity contribution < 1.29 is 14.8 Å². The molecule has 2 N–H and O–H groups in total. The summed E-state index contributed by atoms with van der Waals surface area (Å²) in [6.07, 6.45) is 0. The number of thioether (sulfide) groups is 1. The molecule has 0 spiro atoms. The summed E-state index contributed by atoms with van der Waals surface area (Å²) in [4.78, 5) is 0. The number of tetrazole rings is 1. The third-order valence-electron chi connectivity index (χ3n) is 2.52. The van der Waals surface area contributed by atoms with Gasteiger partial charge < -0.3 is 14.8 Å². The number of hydrogen-bond acceptors (Lipinski definition) is 7. The van der Waals surface area contributed by atoms with Gasteiger partial charge in [-0.3, -0.25) is 0 Å². The summed E-state index contributed by atoms with van der Waals surface area (Å²) >= 11 is 1.46. The Balaban J connectivity index is 2.13. The molecule has 7 nitrogen and oxygen atoms in total.